The quantitative estimate of drug-likeness (QED) is 0.434. The van der Waals surface area contributed by atoms with E-state index in [4.69, 9.17) is 6.42 Å². The Hall–Kier alpha value is -1.83. The highest BCUT2D eigenvalue weighted by molar-refractivity contribution is 6.01. The van der Waals surface area contributed by atoms with E-state index in [2.05, 4.69) is 16.6 Å². The number of amides is 3. The first kappa shape index (κ1) is 10.3. The van der Waals surface area contributed by atoms with Gasteiger partial charge in [0.25, 0.3) is 0 Å². The van der Waals surface area contributed by atoms with E-state index >= 15 is 0 Å². The maximum absolute atomic E-state index is 11.1. The maximum Gasteiger partial charge on any atom is 0.249 e. The van der Waals surface area contributed by atoms with Gasteiger partial charge in [-0.1, -0.05) is 5.92 Å². The van der Waals surface area contributed by atoms with Gasteiger partial charge in [0, 0.05) is 6.42 Å². The van der Waals surface area contributed by atoms with E-state index in [-0.39, 0.29) is 24.7 Å². The zero-order valence-corrected chi connectivity index (χ0v) is 7.50. The highest BCUT2D eigenvalue weighted by Gasteiger charge is 2.27. The van der Waals surface area contributed by atoms with Gasteiger partial charge < -0.3 is 5.32 Å². The second-order valence-corrected chi connectivity index (χ2v) is 2.95. The summed E-state index contributed by atoms with van der Waals surface area (Å²) in [6, 6.07) is -0.631. The van der Waals surface area contributed by atoms with Crippen LogP contribution < -0.4 is 10.6 Å². The zero-order chi connectivity index (χ0) is 10.6. The number of nitrogens with one attached hydrogen (secondary N) is 2. The third kappa shape index (κ3) is 2.59. The van der Waals surface area contributed by atoms with Gasteiger partial charge in [-0.2, -0.15) is 0 Å². The molecule has 3 amide bonds. The molecule has 0 saturated carbocycles. The van der Waals surface area contributed by atoms with E-state index in [1.54, 1.807) is 0 Å². The molecule has 1 atom stereocenters. The number of imide groups is 1. The summed E-state index contributed by atoms with van der Waals surface area (Å²) >= 11 is 0. The number of hydrogen-bond acceptors (Lipinski definition) is 3. The molecule has 5 heteroatoms. The first-order chi connectivity index (χ1) is 6.63. The Morgan fingerprint density at radius 2 is 2.36 bits per heavy atom. The van der Waals surface area contributed by atoms with Crippen LogP contribution in [0.1, 0.15) is 19.3 Å². The molecule has 0 aromatic rings. The van der Waals surface area contributed by atoms with Crippen molar-refractivity contribution in [1.82, 2.24) is 10.6 Å². The number of rotatable bonds is 2. The standard InChI is InChI=1S/C9H10N2O3/c1-2-3-7(12)10-6-4-5-8(13)11-9(6)14/h1,6H,3-5H2,(H,10,12)(H,11,13,14). The Morgan fingerprint density at radius 1 is 1.64 bits per heavy atom. The molecule has 2 N–H and O–H groups in total. The van der Waals surface area contributed by atoms with Gasteiger partial charge in [-0.05, 0) is 6.42 Å². The third-order valence-electron chi connectivity index (χ3n) is 1.84. The maximum atomic E-state index is 11.1. The molecule has 1 aliphatic rings. The van der Waals surface area contributed by atoms with Crippen molar-refractivity contribution in [3.63, 3.8) is 0 Å². The molecule has 1 aliphatic heterocycles. The highest BCUT2D eigenvalue weighted by Crippen LogP contribution is 2.04. The molecule has 1 unspecified atom stereocenters. The van der Waals surface area contributed by atoms with E-state index < -0.39 is 11.9 Å². The minimum atomic E-state index is -0.631. The number of piperidine rings is 1. The van der Waals surface area contributed by atoms with Gasteiger partial charge in [-0.15, -0.1) is 6.42 Å². The number of carbonyl (C=O) groups excluding carboxylic acids is 3. The number of hydrogen-bond donors (Lipinski definition) is 2. The van der Waals surface area contributed by atoms with Crippen LogP contribution in [0.2, 0.25) is 0 Å². The molecule has 0 aliphatic carbocycles. The Kier molecular flexibility index (Phi) is 3.24. The van der Waals surface area contributed by atoms with Gasteiger partial charge >= 0.3 is 0 Å². The highest BCUT2D eigenvalue weighted by atomic mass is 16.2. The molecule has 1 rings (SSSR count). The van der Waals surface area contributed by atoms with Crippen molar-refractivity contribution in [1.29, 1.82) is 0 Å². The lowest BCUT2D eigenvalue weighted by atomic mass is 10.1. The predicted molar refractivity (Wildman–Crippen MR) is 47.8 cm³/mol. The second kappa shape index (κ2) is 4.42. The molecule has 1 fully saturated rings. The summed E-state index contributed by atoms with van der Waals surface area (Å²) in [6.45, 7) is 0. The monoisotopic (exact) mass is 194 g/mol. The van der Waals surface area contributed by atoms with E-state index in [0.29, 0.717) is 6.42 Å². The van der Waals surface area contributed by atoms with Gasteiger partial charge in [0.15, 0.2) is 0 Å². The lowest BCUT2D eigenvalue weighted by molar-refractivity contribution is -0.137. The van der Waals surface area contributed by atoms with Crippen LogP contribution in [0.4, 0.5) is 0 Å². The molecule has 74 valence electrons. The summed E-state index contributed by atoms with van der Waals surface area (Å²) in [6.07, 6.45) is 5.45. The van der Waals surface area contributed by atoms with E-state index in [1.165, 1.54) is 0 Å². The zero-order valence-electron chi connectivity index (χ0n) is 7.50. The lowest BCUT2D eigenvalue weighted by Crippen LogP contribution is -2.52. The van der Waals surface area contributed by atoms with Crippen molar-refractivity contribution in [2.75, 3.05) is 0 Å². The second-order valence-electron chi connectivity index (χ2n) is 2.95. The average Bonchev–Trinajstić information content (AvgIpc) is 2.10. The molecule has 14 heavy (non-hydrogen) atoms. The molecule has 1 heterocycles. The van der Waals surface area contributed by atoms with Crippen LogP contribution in [0, 0.1) is 12.3 Å². The van der Waals surface area contributed by atoms with Crippen molar-refractivity contribution >= 4 is 17.7 Å². The minimum Gasteiger partial charge on any atom is -0.343 e. The van der Waals surface area contributed by atoms with Crippen LogP contribution in [-0.4, -0.2) is 23.8 Å². The Morgan fingerprint density at radius 3 is 2.93 bits per heavy atom. The van der Waals surface area contributed by atoms with Gasteiger partial charge in [0.05, 0.1) is 6.42 Å². The molecule has 0 aromatic carbocycles. The molecule has 0 spiro atoms. The molecular formula is C9H10N2O3. The lowest BCUT2D eigenvalue weighted by Gasteiger charge is -2.21. The van der Waals surface area contributed by atoms with Crippen molar-refractivity contribution in [2.24, 2.45) is 0 Å². The molecule has 1 saturated heterocycles. The number of carbonyl (C=O) groups is 3. The average molecular weight is 194 g/mol. The summed E-state index contributed by atoms with van der Waals surface area (Å²) in [5, 5.41) is 4.58. The van der Waals surface area contributed by atoms with Crippen molar-refractivity contribution < 1.29 is 14.4 Å². The summed E-state index contributed by atoms with van der Waals surface area (Å²) < 4.78 is 0. The molecular weight excluding hydrogens is 184 g/mol. The molecule has 0 radical (unpaired) electrons. The molecule has 0 aromatic heterocycles. The first-order valence-corrected chi connectivity index (χ1v) is 4.20. The normalized spacial score (nSPS) is 20.9. The van der Waals surface area contributed by atoms with Crippen LogP contribution in [0.5, 0.6) is 0 Å². The fourth-order valence-corrected chi connectivity index (χ4v) is 1.17. The summed E-state index contributed by atoms with van der Waals surface area (Å²) in [5.41, 5.74) is 0. The van der Waals surface area contributed by atoms with Crippen molar-refractivity contribution in [3.8, 4) is 12.3 Å². The topological polar surface area (TPSA) is 75.3 Å². The van der Waals surface area contributed by atoms with E-state index in [1.807, 2.05) is 0 Å². The largest absolute Gasteiger partial charge is 0.343 e. The first-order valence-electron chi connectivity index (χ1n) is 4.20. The summed E-state index contributed by atoms with van der Waals surface area (Å²) in [7, 11) is 0. The van der Waals surface area contributed by atoms with Crippen LogP contribution in [0.3, 0.4) is 0 Å². The van der Waals surface area contributed by atoms with Gasteiger partial charge in [-0.3, -0.25) is 19.7 Å². The third-order valence-corrected chi connectivity index (χ3v) is 1.84. The van der Waals surface area contributed by atoms with Gasteiger partial charge in [0.2, 0.25) is 17.7 Å². The fourth-order valence-electron chi connectivity index (χ4n) is 1.17. The molecule has 5 nitrogen and oxygen atoms in total. The smallest absolute Gasteiger partial charge is 0.249 e. The van der Waals surface area contributed by atoms with Gasteiger partial charge in [0.1, 0.15) is 6.04 Å². The van der Waals surface area contributed by atoms with Crippen LogP contribution in [-0.2, 0) is 14.4 Å². The van der Waals surface area contributed by atoms with E-state index in [9.17, 15) is 14.4 Å². The SMILES string of the molecule is C#CCC(=O)NC1CCC(=O)NC1=O. The van der Waals surface area contributed by atoms with Gasteiger partial charge in [-0.25, -0.2) is 0 Å². The minimum absolute atomic E-state index is 0.0578. The Labute approximate surface area is 81.2 Å². The van der Waals surface area contributed by atoms with Crippen molar-refractivity contribution in [3.05, 3.63) is 0 Å². The predicted octanol–water partition coefficient (Wildman–Crippen LogP) is -1.07. The Bertz CT molecular complexity index is 317. The van der Waals surface area contributed by atoms with Crippen LogP contribution in [0.25, 0.3) is 0 Å². The van der Waals surface area contributed by atoms with E-state index in [0.717, 1.165) is 0 Å². The summed E-state index contributed by atoms with van der Waals surface area (Å²) in [4.78, 5) is 32.9. The summed E-state index contributed by atoms with van der Waals surface area (Å²) in [5.74, 6) is 1.02. The number of terminal acetylenes is 1. The van der Waals surface area contributed by atoms with Crippen molar-refractivity contribution in [2.45, 2.75) is 25.3 Å². The fraction of sp³-hybridized carbons (Fsp3) is 0.444. The van der Waals surface area contributed by atoms with Crippen LogP contribution in [0.15, 0.2) is 0 Å². The molecule has 0 bridgehead atoms. The Balaban J connectivity index is 2.46. The van der Waals surface area contributed by atoms with Crippen LogP contribution >= 0.6 is 0 Å².